The molecule has 178 valence electrons. The monoisotopic (exact) mass is 479 g/mol. The number of hydrogen-bond donors (Lipinski definition) is 0. The molecule has 34 heavy (non-hydrogen) atoms. The van der Waals surface area contributed by atoms with Crippen molar-refractivity contribution in [2.24, 2.45) is 5.92 Å². The summed E-state index contributed by atoms with van der Waals surface area (Å²) >= 11 is 6.23. The van der Waals surface area contributed by atoms with Crippen LogP contribution in [0, 0.1) is 31.1 Å². The Hall–Kier alpha value is -3.37. The molecule has 8 heteroatoms. The summed E-state index contributed by atoms with van der Waals surface area (Å²) in [5.74, 6) is 0.696. The molecule has 3 rings (SSSR count). The number of nitrogens with zero attached hydrogens (tertiary/aromatic N) is 5. The first-order chi connectivity index (χ1) is 16.2. The van der Waals surface area contributed by atoms with Crippen molar-refractivity contribution in [1.29, 1.82) is 5.26 Å². The molecule has 0 aliphatic carbocycles. The summed E-state index contributed by atoms with van der Waals surface area (Å²) in [6, 6.07) is 11.3. The zero-order valence-electron chi connectivity index (χ0n) is 20.3. The van der Waals surface area contributed by atoms with Gasteiger partial charge in [-0.05, 0) is 56.0 Å². The minimum absolute atomic E-state index is 0.0732. The Labute approximate surface area is 205 Å². The van der Waals surface area contributed by atoms with Gasteiger partial charge in [-0.3, -0.25) is 4.79 Å². The van der Waals surface area contributed by atoms with Gasteiger partial charge in [0.15, 0.2) is 0 Å². The summed E-state index contributed by atoms with van der Waals surface area (Å²) in [5, 5.41) is 18.5. The summed E-state index contributed by atoms with van der Waals surface area (Å²) in [6.07, 6.45) is 2.39. The summed E-state index contributed by atoms with van der Waals surface area (Å²) in [5.41, 5.74) is 3.72. The zero-order chi connectivity index (χ0) is 24.8. The van der Waals surface area contributed by atoms with E-state index in [-0.39, 0.29) is 29.8 Å². The van der Waals surface area contributed by atoms with E-state index < -0.39 is 0 Å². The van der Waals surface area contributed by atoms with Gasteiger partial charge in [0.2, 0.25) is 11.8 Å². The molecule has 0 unspecified atom stereocenters. The van der Waals surface area contributed by atoms with Crippen LogP contribution in [0.2, 0.25) is 5.02 Å². The summed E-state index contributed by atoms with van der Waals surface area (Å²) in [4.78, 5) is 14.9. The van der Waals surface area contributed by atoms with Crippen LogP contribution >= 0.6 is 11.6 Å². The summed E-state index contributed by atoms with van der Waals surface area (Å²) < 4.78 is 7.99. The zero-order valence-corrected chi connectivity index (χ0v) is 21.1. The molecule has 3 aromatic rings. The molecular formula is C26H30ClN5O2. The normalized spacial score (nSPS) is 11.6. The average Bonchev–Trinajstić information content (AvgIpc) is 3.36. The SMILES string of the molecule is CCCN(Cc1nnc(-c2ccccc2Cl)o1)C(=O)/C(C#N)=C/c1cc(C)n(CC(C)C)c1C. The van der Waals surface area contributed by atoms with E-state index in [4.69, 9.17) is 16.0 Å². The molecule has 0 aliphatic heterocycles. The number of halogens is 1. The van der Waals surface area contributed by atoms with Crippen LogP contribution in [0.25, 0.3) is 17.5 Å². The molecule has 2 aromatic heterocycles. The van der Waals surface area contributed by atoms with Gasteiger partial charge in [-0.2, -0.15) is 5.26 Å². The van der Waals surface area contributed by atoms with Crippen LogP contribution in [-0.2, 0) is 17.9 Å². The van der Waals surface area contributed by atoms with Gasteiger partial charge >= 0.3 is 0 Å². The van der Waals surface area contributed by atoms with Gasteiger partial charge in [0, 0.05) is 24.5 Å². The Morgan fingerprint density at radius 3 is 2.68 bits per heavy atom. The van der Waals surface area contributed by atoms with Crippen LogP contribution in [0.1, 0.15) is 50.0 Å². The molecule has 0 N–H and O–H groups in total. The van der Waals surface area contributed by atoms with Crippen molar-refractivity contribution in [2.45, 2.75) is 54.1 Å². The third-order valence-corrected chi connectivity index (χ3v) is 5.82. The van der Waals surface area contributed by atoms with Crippen molar-refractivity contribution in [1.82, 2.24) is 19.7 Å². The smallest absolute Gasteiger partial charge is 0.264 e. The maximum absolute atomic E-state index is 13.3. The van der Waals surface area contributed by atoms with Crippen molar-refractivity contribution < 1.29 is 9.21 Å². The molecule has 0 spiro atoms. The Morgan fingerprint density at radius 2 is 2.03 bits per heavy atom. The Morgan fingerprint density at radius 1 is 1.29 bits per heavy atom. The van der Waals surface area contributed by atoms with Gasteiger partial charge in [0.05, 0.1) is 17.1 Å². The van der Waals surface area contributed by atoms with Gasteiger partial charge in [0.25, 0.3) is 5.91 Å². The molecule has 2 heterocycles. The van der Waals surface area contributed by atoms with Crippen molar-refractivity contribution in [3.05, 3.63) is 63.8 Å². The number of carbonyl (C=O) groups is 1. The van der Waals surface area contributed by atoms with Gasteiger partial charge in [-0.15, -0.1) is 10.2 Å². The second-order valence-corrected chi connectivity index (χ2v) is 9.12. The predicted molar refractivity (Wildman–Crippen MR) is 133 cm³/mol. The Balaban J connectivity index is 1.85. The van der Waals surface area contributed by atoms with Crippen molar-refractivity contribution in [3.8, 4) is 17.5 Å². The summed E-state index contributed by atoms with van der Waals surface area (Å²) in [7, 11) is 0. The number of amides is 1. The quantitative estimate of drug-likeness (QED) is 0.285. The molecule has 1 amide bonds. The highest BCUT2D eigenvalue weighted by atomic mass is 35.5. The lowest BCUT2D eigenvalue weighted by molar-refractivity contribution is -0.127. The minimum Gasteiger partial charge on any atom is -0.419 e. The van der Waals surface area contributed by atoms with E-state index in [2.05, 4.69) is 34.7 Å². The fourth-order valence-electron chi connectivity index (χ4n) is 3.83. The number of aryl methyl sites for hydroxylation is 1. The van der Waals surface area contributed by atoms with Crippen molar-refractivity contribution >= 4 is 23.6 Å². The fraction of sp³-hybridized carbons (Fsp3) is 0.385. The number of carbonyl (C=O) groups excluding carboxylic acids is 1. The fourth-order valence-corrected chi connectivity index (χ4v) is 4.05. The molecule has 0 saturated heterocycles. The van der Waals surface area contributed by atoms with Crippen LogP contribution in [0.15, 0.2) is 40.3 Å². The lowest BCUT2D eigenvalue weighted by Gasteiger charge is -2.19. The number of rotatable bonds is 9. The van der Waals surface area contributed by atoms with Gasteiger partial charge in [-0.1, -0.05) is 44.5 Å². The van der Waals surface area contributed by atoms with E-state index in [1.807, 2.05) is 39.0 Å². The first-order valence-electron chi connectivity index (χ1n) is 11.4. The first-order valence-corrected chi connectivity index (χ1v) is 11.8. The predicted octanol–water partition coefficient (Wildman–Crippen LogP) is 5.81. The van der Waals surface area contributed by atoms with Gasteiger partial charge < -0.3 is 13.9 Å². The molecular weight excluding hydrogens is 450 g/mol. The molecule has 0 saturated carbocycles. The van der Waals surface area contributed by atoms with E-state index in [9.17, 15) is 10.1 Å². The number of aromatic nitrogens is 3. The second kappa shape index (κ2) is 11.2. The van der Waals surface area contributed by atoms with Crippen LogP contribution in [-0.4, -0.2) is 32.1 Å². The Kier molecular flexibility index (Phi) is 8.30. The topological polar surface area (TPSA) is 88.0 Å². The van der Waals surface area contributed by atoms with E-state index >= 15 is 0 Å². The largest absolute Gasteiger partial charge is 0.419 e. The molecule has 7 nitrogen and oxygen atoms in total. The molecule has 0 bridgehead atoms. The standard InChI is InChI=1S/C26H30ClN5O2/c1-6-11-31(16-24-29-30-25(34-24)22-9-7-8-10-23(22)27)26(33)21(14-28)13-20-12-18(4)32(19(20)5)15-17(2)3/h7-10,12-13,17H,6,11,15-16H2,1-5H3/b21-13+. The van der Waals surface area contributed by atoms with Crippen LogP contribution in [0.3, 0.4) is 0 Å². The van der Waals surface area contributed by atoms with Gasteiger partial charge in [0.1, 0.15) is 11.6 Å². The number of nitriles is 1. The number of hydrogen-bond acceptors (Lipinski definition) is 5. The first kappa shape index (κ1) is 25.3. The third-order valence-electron chi connectivity index (χ3n) is 5.49. The van der Waals surface area contributed by atoms with E-state index in [1.165, 1.54) is 0 Å². The van der Waals surface area contributed by atoms with Gasteiger partial charge in [-0.25, -0.2) is 0 Å². The van der Waals surface area contributed by atoms with E-state index in [0.717, 1.165) is 29.9 Å². The average molecular weight is 480 g/mol. The lowest BCUT2D eigenvalue weighted by atomic mass is 10.1. The lowest BCUT2D eigenvalue weighted by Crippen LogP contribution is -2.32. The number of benzene rings is 1. The summed E-state index contributed by atoms with van der Waals surface area (Å²) in [6.45, 7) is 11.8. The highest BCUT2D eigenvalue weighted by Gasteiger charge is 2.22. The molecule has 0 atom stereocenters. The van der Waals surface area contributed by atoms with E-state index in [1.54, 1.807) is 23.1 Å². The van der Waals surface area contributed by atoms with E-state index in [0.29, 0.717) is 23.0 Å². The molecule has 1 aromatic carbocycles. The molecule has 0 fully saturated rings. The second-order valence-electron chi connectivity index (χ2n) is 8.71. The van der Waals surface area contributed by atoms with Crippen LogP contribution < -0.4 is 0 Å². The minimum atomic E-state index is -0.365. The van der Waals surface area contributed by atoms with Crippen molar-refractivity contribution in [2.75, 3.05) is 6.54 Å². The molecule has 0 radical (unpaired) electrons. The Bertz CT molecular complexity index is 1230. The maximum Gasteiger partial charge on any atom is 0.264 e. The third kappa shape index (κ3) is 5.75. The van der Waals surface area contributed by atoms with Crippen LogP contribution in [0.4, 0.5) is 0 Å². The van der Waals surface area contributed by atoms with Crippen LogP contribution in [0.5, 0.6) is 0 Å². The van der Waals surface area contributed by atoms with Crippen molar-refractivity contribution in [3.63, 3.8) is 0 Å². The highest BCUT2D eigenvalue weighted by Crippen LogP contribution is 2.27. The maximum atomic E-state index is 13.3. The molecule has 0 aliphatic rings. The highest BCUT2D eigenvalue weighted by molar-refractivity contribution is 6.33.